The van der Waals surface area contributed by atoms with E-state index < -0.39 is 5.82 Å². The van der Waals surface area contributed by atoms with E-state index in [2.05, 4.69) is 0 Å². The SMILES string of the molecule is N#Cc1cc(-c2cccc(O)c2)ccc1F. The van der Waals surface area contributed by atoms with E-state index in [0.717, 1.165) is 5.56 Å². The van der Waals surface area contributed by atoms with Crippen LogP contribution in [0.25, 0.3) is 11.1 Å². The Hall–Kier alpha value is -2.34. The Labute approximate surface area is 92.2 Å². The molecule has 16 heavy (non-hydrogen) atoms. The number of aromatic hydroxyl groups is 1. The Morgan fingerprint density at radius 1 is 1.06 bits per heavy atom. The van der Waals surface area contributed by atoms with Gasteiger partial charge < -0.3 is 5.11 Å². The van der Waals surface area contributed by atoms with Crippen LogP contribution in [0.15, 0.2) is 42.5 Å². The van der Waals surface area contributed by atoms with Gasteiger partial charge in [0.25, 0.3) is 0 Å². The fourth-order valence-electron chi connectivity index (χ4n) is 1.48. The average molecular weight is 213 g/mol. The van der Waals surface area contributed by atoms with E-state index in [0.29, 0.717) is 5.56 Å². The van der Waals surface area contributed by atoms with E-state index in [1.165, 1.54) is 12.1 Å². The maximum absolute atomic E-state index is 13.1. The van der Waals surface area contributed by atoms with Gasteiger partial charge in [0.05, 0.1) is 5.56 Å². The minimum atomic E-state index is -0.536. The average Bonchev–Trinajstić information content (AvgIpc) is 2.29. The molecule has 0 bridgehead atoms. The lowest BCUT2D eigenvalue weighted by molar-refractivity contribution is 0.475. The molecule has 0 radical (unpaired) electrons. The summed E-state index contributed by atoms with van der Waals surface area (Å²) in [6, 6.07) is 12.7. The Bertz CT molecular complexity index is 572. The zero-order chi connectivity index (χ0) is 11.5. The van der Waals surface area contributed by atoms with Crippen molar-refractivity contribution in [1.29, 1.82) is 5.26 Å². The van der Waals surface area contributed by atoms with Crippen molar-refractivity contribution >= 4 is 0 Å². The summed E-state index contributed by atoms with van der Waals surface area (Å²) in [7, 11) is 0. The molecule has 0 spiro atoms. The smallest absolute Gasteiger partial charge is 0.140 e. The predicted octanol–water partition coefficient (Wildman–Crippen LogP) is 3.07. The summed E-state index contributed by atoms with van der Waals surface area (Å²) in [6.45, 7) is 0. The number of phenolic OH excluding ortho intramolecular Hbond substituents is 1. The molecular formula is C13H8FNO. The number of hydrogen-bond acceptors (Lipinski definition) is 2. The molecule has 0 saturated carbocycles. The molecule has 0 fully saturated rings. The van der Waals surface area contributed by atoms with Crippen LogP contribution in [-0.2, 0) is 0 Å². The Balaban J connectivity index is 2.54. The van der Waals surface area contributed by atoms with Gasteiger partial charge in [-0.3, -0.25) is 0 Å². The third kappa shape index (κ3) is 1.86. The van der Waals surface area contributed by atoms with E-state index >= 15 is 0 Å². The van der Waals surface area contributed by atoms with Crippen LogP contribution in [0.4, 0.5) is 4.39 Å². The summed E-state index contributed by atoms with van der Waals surface area (Å²) < 4.78 is 13.1. The van der Waals surface area contributed by atoms with Gasteiger partial charge in [0.15, 0.2) is 0 Å². The first-order valence-corrected chi connectivity index (χ1v) is 4.70. The van der Waals surface area contributed by atoms with Crippen molar-refractivity contribution in [2.75, 3.05) is 0 Å². The van der Waals surface area contributed by atoms with Gasteiger partial charge in [-0.25, -0.2) is 4.39 Å². The number of nitrogens with zero attached hydrogens (tertiary/aromatic N) is 1. The van der Waals surface area contributed by atoms with Gasteiger partial charge in [0, 0.05) is 0 Å². The zero-order valence-corrected chi connectivity index (χ0v) is 8.31. The molecule has 2 rings (SSSR count). The molecule has 3 heteroatoms. The second-order valence-corrected chi connectivity index (χ2v) is 3.36. The zero-order valence-electron chi connectivity index (χ0n) is 8.31. The number of halogens is 1. The van der Waals surface area contributed by atoms with Crippen LogP contribution in [0, 0.1) is 17.1 Å². The Morgan fingerprint density at radius 2 is 1.81 bits per heavy atom. The van der Waals surface area contributed by atoms with Crippen molar-refractivity contribution in [3.8, 4) is 22.9 Å². The molecule has 0 atom stereocenters. The van der Waals surface area contributed by atoms with Crippen LogP contribution in [0.5, 0.6) is 5.75 Å². The number of nitriles is 1. The molecule has 2 nitrogen and oxygen atoms in total. The highest BCUT2D eigenvalue weighted by Crippen LogP contribution is 2.24. The topological polar surface area (TPSA) is 44.0 Å². The van der Waals surface area contributed by atoms with Gasteiger partial charge in [-0.2, -0.15) is 5.26 Å². The molecule has 0 aliphatic rings. The fourth-order valence-corrected chi connectivity index (χ4v) is 1.48. The first-order valence-electron chi connectivity index (χ1n) is 4.70. The minimum Gasteiger partial charge on any atom is -0.508 e. The number of benzene rings is 2. The van der Waals surface area contributed by atoms with E-state index in [9.17, 15) is 9.50 Å². The van der Waals surface area contributed by atoms with Gasteiger partial charge in [0.2, 0.25) is 0 Å². The van der Waals surface area contributed by atoms with Gasteiger partial charge in [-0.15, -0.1) is 0 Å². The summed E-state index contributed by atoms with van der Waals surface area (Å²) in [5.74, 6) is -0.397. The number of phenols is 1. The van der Waals surface area contributed by atoms with E-state index in [-0.39, 0.29) is 11.3 Å². The summed E-state index contributed by atoms with van der Waals surface area (Å²) in [5.41, 5.74) is 1.45. The molecule has 0 heterocycles. The van der Waals surface area contributed by atoms with Crippen molar-refractivity contribution in [1.82, 2.24) is 0 Å². The maximum atomic E-state index is 13.1. The molecule has 0 aliphatic carbocycles. The standard InChI is InChI=1S/C13H8FNO/c14-13-5-4-10(6-11(13)8-15)9-2-1-3-12(16)7-9/h1-7,16H. The van der Waals surface area contributed by atoms with Crippen LogP contribution in [0.1, 0.15) is 5.56 Å². The molecule has 2 aromatic carbocycles. The van der Waals surface area contributed by atoms with E-state index in [4.69, 9.17) is 5.26 Å². The van der Waals surface area contributed by atoms with E-state index in [1.54, 1.807) is 36.4 Å². The molecule has 78 valence electrons. The number of hydrogen-bond donors (Lipinski definition) is 1. The largest absolute Gasteiger partial charge is 0.508 e. The highest BCUT2D eigenvalue weighted by Gasteiger charge is 2.04. The van der Waals surface area contributed by atoms with Crippen LogP contribution in [-0.4, -0.2) is 5.11 Å². The van der Waals surface area contributed by atoms with Crippen molar-refractivity contribution in [3.05, 3.63) is 53.8 Å². The normalized spacial score (nSPS) is 9.75. The summed E-state index contributed by atoms with van der Waals surface area (Å²) in [6.07, 6.45) is 0. The first-order chi connectivity index (χ1) is 7.70. The van der Waals surface area contributed by atoms with Crippen LogP contribution in [0.2, 0.25) is 0 Å². The molecule has 0 aliphatic heterocycles. The highest BCUT2D eigenvalue weighted by molar-refractivity contribution is 5.66. The molecule has 0 aromatic heterocycles. The lowest BCUT2D eigenvalue weighted by Gasteiger charge is -2.03. The molecule has 0 unspecified atom stereocenters. The van der Waals surface area contributed by atoms with E-state index in [1.807, 2.05) is 0 Å². The highest BCUT2D eigenvalue weighted by atomic mass is 19.1. The Morgan fingerprint density at radius 3 is 2.50 bits per heavy atom. The molecular weight excluding hydrogens is 205 g/mol. The Kier molecular flexibility index (Phi) is 2.57. The van der Waals surface area contributed by atoms with Crippen LogP contribution in [0.3, 0.4) is 0 Å². The predicted molar refractivity (Wildman–Crippen MR) is 58.2 cm³/mol. The second-order valence-electron chi connectivity index (χ2n) is 3.36. The summed E-state index contributed by atoms with van der Waals surface area (Å²) >= 11 is 0. The molecule has 0 saturated heterocycles. The maximum Gasteiger partial charge on any atom is 0.140 e. The molecule has 2 aromatic rings. The van der Waals surface area contributed by atoms with Crippen molar-refractivity contribution in [2.45, 2.75) is 0 Å². The lowest BCUT2D eigenvalue weighted by atomic mass is 10.0. The first kappa shape index (κ1) is 10.2. The van der Waals surface area contributed by atoms with Crippen molar-refractivity contribution < 1.29 is 9.50 Å². The van der Waals surface area contributed by atoms with Gasteiger partial charge in [-0.05, 0) is 35.4 Å². The minimum absolute atomic E-state index is 0.000780. The van der Waals surface area contributed by atoms with Gasteiger partial charge in [0.1, 0.15) is 17.6 Å². The monoisotopic (exact) mass is 213 g/mol. The van der Waals surface area contributed by atoms with Crippen molar-refractivity contribution in [3.63, 3.8) is 0 Å². The summed E-state index contributed by atoms with van der Waals surface area (Å²) in [4.78, 5) is 0. The van der Waals surface area contributed by atoms with Crippen molar-refractivity contribution in [2.24, 2.45) is 0 Å². The number of rotatable bonds is 1. The van der Waals surface area contributed by atoms with Crippen LogP contribution >= 0.6 is 0 Å². The fraction of sp³-hybridized carbons (Fsp3) is 0. The third-order valence-electron chi connectivity index (χ3n) is 2.27. The third-order valence-corrected chi connectivity index (χ3v) is 2.27. The molecule has 1 N–H and O–H groups in total. The molecule has 0 amide bonds. The summed E-state index contributed by atoms with van der Waals surface area (Å²) in [5, 5.41) is 18.0. The van der Waals surface area contributed by atoms with Gasteiger partial charge in [-0.1, -0.05) is 18.2 Å². The quantitative estimate of drug-likeness (QED) is 0.791. The lowest BCUT2D eigenvalue weighted by Crippen LogP contribution is -1.85. The second kappa shape index (κ2) is 4.03. The van der Waals surface area contributed by atoms with Crippen LogP contribution < -0.4 is 0 Å². The van der Waals surface area contributed by atoms with Gasteiger partial charge >= 0.3 is 0 Å².